The number of hydrogen-bond acceptors (Lipinski definition) is 3. The van der Waals surface area contributed by atoms with Crippen molar-refractivity contribution in [1.29, 1.82) is 0 Å². The Morgan fingerprint density at radius 1 is 1.32 bits per heavy atom. The molecule has 0 radical (unpaired) electrons. The summed E-state index contributed by atoms with van der Waals surface area (Å²) in [6.45, 7) is 0. The number of halogens is 2. The summed E-state index contributed by atoms with van der Waals surface area (Å²) in [5, 5.41) is 1.22. The number of benzene rings is 1. The second-order valence-corrected chi connectivity index (χ2v) is 5.01. The van der Waals surface area contributed by atoms with Crippen molar-refractivity contribution in [3.8, 4) is 5.75 Å². The highest BCUT2D eigenvalue weighted by atomic mass is 35.5. The molecule has 0 aliphatic carbocycles. The minimum absolute atomic E-state index is 0.233. The molecule has 1 aromatic heterocycles. The van der Waals surface area contributed by atoms with E-state index in [1.54, 1.807) is 25.6 Å². The van der Waals surface area contributed by atoms with Crippen molar-refractivity contribution in [2.75, 3.05) is 7.11 Å². The number of nitrogens with two attached hydrogens (primary N) is 1. The number of nitrogens with zero attached hydrogens (tertiary/aromatic N) is 1. The van der Waals surface area contributed by atoms with Crippen LogP contribution in [0.4, 0.5) is 0 Å². The molecular formula is C14H14Cl2N2O. The minimum atomic E-state index is -0.233. The third-order valence-corrected chi connectivity index (χ3v) is 3.44. The molecule has 0 aliphatic rings. The quantitative estimate of drug-likeness (QED) is 0.937. The lowest BCUT2D eigenvalue weighted by Gasteiger charge is -2.15. The third kappa shape index (κ3) is 3.38. The van der Waals surface area contributed by atoms with Crippen molar-refractivity contribution in [3.05, 3.63) is 57.8 Å². The molecule has 1 unspecified atom stereocenters. The van der Waals surface area contributed by atoms with Gasteiger partial charge in [0.1, 0.15) is 5.75 Å². The van der Waals surface area contributed by atoms with Gasteiger partial charge in [-0.2, -0.15) is 0 Å². The first-order chi connectivity index (χ1) is 9.11. The maximum Gasteiger partial charge on any atom is 0.122 e. The topological polar surface area (TPSA) is 48.1 Å². The Bertz CT molecular complexity index is 575. The van der Waals surface area contributed by atoms with E-state index in [0.29, 0.717) is 16.5 Å². The predicted octanol–water partition coefficient (Wildman–Crippen LogP) is 3.64. The van der Waals surface area contributed by atoms with E-state index >= 15 is 0 Å². The molecule has 0 aliphatic heterocycles. The number of pyridine rings is 1. The Hall–Kier alpha value is -1.29. The zero-order chi connectivity index (χ0) is 13.8. The van der Waals surface area contributed by atoms with Gasteiger partial charge in [0.2, 0.25) is 0 Å². The second-order valence-electron chi connectivity index (χ2n) is 4.16. The smallest absolute Gasteiger partial charge is 0.122 e. The molecule has 2 N–H and O–H groups in total. The van der Waals surface area contributed by atoms with Crippen LogP contribution >= 0.6 is 23.2 Å². The molecule has 3 nitrogen and oxygen atoms in total. The molecule has 5 heteroatoms. The van der Waals surface area contributed by atoms with E-state index in [2.05, 4.69) is 4.98 Å². The summed E-state index contributed by atoms with van der Waals surface area (Å²) in [4.78, 5) is 3.95. The average molecular weight is 297 g/mol. The van der Waals surface area contributed by atoms with Crippen LogP contribution in [0.15, 0.2) is 36.7 Å². The fourth-order valence-electron chi connectivity index (χ4n) is 1.94. The lowest BCUT2D eigenvalue weighted by atomic mass is 10.00. The molecule has 1 atom stereocenters. The van der Waals surface area contributed by atoms with Crippen LogP contribution in [0.1, 0.15) is 17.2 Å². The van der Waals surface area contributed by atoms with Crippen molar-refractivity contribution < 1.29 is 4.74 Å². The first-order valence-electron chi connectivity index (χ1n) is 5.79. The van der Waals surface area contributed by atoms with Crippen LogP contribution in [-0.4, -0.2) is 12.1 Å². The Morgan fingerprint density at radius 3 is 2.79 bits per heavy atom. The first-order valence-corrected chi connectivity index (χ1v) is 6.55. The molecule has 100 valence electrons. The van der Waals surface area contributed by atoms with E-state index < -0.39 is 0 Å². The molecule has 0 spiro atoms. The van der Waals surface area contributed by atoms with Crippen LogP contribution in [0.2, 0.25) is 10.0 Å². The summed E-state index contributed by atoms with van der Waals surface area (Å²) in [5.74, 6) is 0.769. The molecular weight excluding hydrogens is 283 g/mol. The summed E-state index contributed by atoms with van der Waals surface area (Å²) in [6, 6.07) is 7.06. The molecule has 19 heavy (non-hydrogen) atoms. The van der Waals surface area contributed by atoms with Gasteiger partial charge in [0.15, 0.2) is 0 Å². The Morgan fingerprint density at radius 2 is 2.11 bits per heavy atom. The number of aromatic nitrogens is 1. The first kappa shape index (κ1) is 14.1. The molecule has 0 fully saturated rings. The van der Waals surface area contributed by atoms with E-state index in [-0.39, 0.29) is 6.04 Å². The van der Waals surface area contributed by atoms with Crippen molar-refractivity contribution in [2.24, 2.45) is 5.73 Å². The van der Waals surface area contributed by atoms with Gasteiger partial charge in [-0.1, -0.05) is 23.2 Å². The summed E-state index contributed by atoms with van der Waals surface area (Å²) in [6.07, 6.45) is 3.86. The molecule has 2 aromatic rings. The van der Waals surface area contributed by atoms with Crippen LogP contribution in [0, 0.1) is 0 Å². The van der Waals surface area contributed by atoms with Crippen LogP contribution < -0.4 is 10.5 Å². The SMILES string of the molecule is COc1ccc(Cl)cc1CC(N)c1ccncc1Cl. The van der Waals surface area contributed by atoms with E-state index in [9.17, 15) is 0 Å². The number of methoxy groups -OCH3 is 1. The van der Waals surface area contributed by atoms with Crippen LogP contribution in [0.25, 0.3) is 0 Å². The van der Waals surface area contributed by atoms with Gasteiger partial charge < -0.3 is 10.5 Å². The van der Waals surface area contributed by atoms with Gasteiger partial charge in [-0.05, 0) is 41.8 Å². The maximum absolute atomic E-state index is 6.19. The zero-order valence-electron chi connectivity index (χ0n) is 10.4. The fourth-order valence-corrected chi connectivity index (χ4v) is 2.39. The van der Waals surface area contributed by atoms with Crippen molar-refractivity contribution in [1.82, 2.24) is 4.98 Å². The van der Waals surface area contributed by atoms with Gasteiger partial charge in [-0.3, -0.25) is 4.98 Å². The van der Waals surface area contributed by atoms with Gasteiger partial charge in [0.05, 0.1) is 12.1 Å². The minimum Gasteiger partial charge on any atom is -0.496 e. The van der Waals surface area contributed by atoms with Crippen LogP contribution in [0.3, 0.4) is 0 Å². The highest BCUT2D eigenvalue weighted by molar-refractivity contribution is 6.31. The Balaban J connectivity index is 2.26. The molecule has 1 aromatic carbocycles. The highest BCUT2D eigenvalue weighted by Crippen LogP contribution is 2.28. The number of ether oxygens (including phenoxy) is 1. The predicted molar refractivity (Wildman–Crippen MR) is 77.9 cm³/mol. The van der Waals surface area contributed by atoms with Crippen LogP contribution in [0.5, 0.6) is 5.75 Å². The molecule has 0 amide bonds. The van der Waals surface area contributed by atoms with E-state index in [1.165, 1.54) is 0 Å². The van der Waals surface area contributed by atoms with Gasteiger partial charge in [-0.25, -0.2) is 0 Å². The van der Waals surface area contributed by atoms with E-state index in [1.807, 2.05) is 18.2 Å². The largest absolute Gasteiger partial charge is 0.496 e. The van der Waals surface area contributed by atoms with Crippen molar-refractivity contribution in [3.63, 3.8) is 0 Å². The van der Waals surface area contributed by atoms with Crippen molar-refractivity contribution >= 4 is 23.2 Å². The van der Waals surface area contributed by atoms with E-state index in [4.69, 9.17) is 33.7 Å². The fraction of sp³-hybridized carbons (Fsp3) is 0.214. The molecule has 0 saturated heterocycles. The Kier molecular flexibility index (Phi) is 4.64. The third-order valence-electron chi connectivity index (χ3n) is 2.89. The molecule has 1 heterocycles. The zero-order valence-corrected chi connectivity index (χ0v) is 11.9. The second kappa shape index (κ2) is 6.24. The molecule has 0 saturated carbocycles. The maximum atomic E-state index is 6.19. The van der Waals surface area contributed by atoms with Crippen molar-refractivity contribution in [2.45, 2.75) is 12.5 Å². The monoisotopic (exact) mass is 296 g/mol. The summed E-state index contributed by atoms with van der Waals surface area (Å²) in [5.41, 5.74) is 8.00. The molecule has 0 bridgehead atoms. The number of hydrogen-bond donors (Lipinski definition) is 1. The molecule has 2 rings (SSSR count). The normalized spacial score (nSPS) is 12.2. The summed E-state index contributed by atoms with van der Waals surface area (Å²) in [7, 11) is 1.62. The lowest BCUT2D eigenvalue weighted by Crippen LogP contribution is -2.14. The number of rotatable bonds is 4. The highest BCUT2D eigenvalue weighted by Gasteiger charge is 2.14. The van der Waals surface area contributed by atoms with Gasteiger partial charge in [0, 0.05) is 23.5 Å². The standard InChI is InChI=1S/C14H14Cl2N2O/c1-19-14-3-2-10(15)6-9(14)7-13(17)11-4-5-18-8-12(11)16/h2-6,8,13H,7,17H2,1H3. The van der Waals surface area contributed by atoms with Gasteiger partial charge in [-0.15, -0.1) is 0 Å². The van der Waals surface area contributed by atoms with E-state index in [0.717, 1.165) is 16.9 Å². The van der Waals surface area contributed by atoms with Gasteiger partial charge in [0.25, 0.3) is 0 Å². The summed E-state index contributed by atoms with van der Waals surface area (Å²) < 4.78 is 5.31. The van der Waals surface area contributed by atoms with Crippen LogP contribution in [-0.2, 0) is 6.42 Å². The lowest BCUT2D eigenvalue weighted by molar-refractivity contribution is 0.408. The van der Waals surface area contributed by atoms with Gasteiger partial charge >= 0.3 is 0 Å². The summed E-state index contributed by atoms with van der Waals surface area (Å²) >= 11 is 12.1. The Labute approximate surface area is 122 Å². The average Bonchev–Trinajstić information content (AvgIpc) is 2.39.